The van der Waals surface area contributed by atoms with Crippen LogP contribution in [0.25, 0.3) is 0 Å². The molecule has 0 spiro atoms. The molecule has 22 heavy (non-hydrogen) atoms. The average molecular weight is 385 g/mol. The maximum atomic E-state index is 12.2. The van der Waals surface area contributed by atoms with Gasteiger partial charge >= 0.3 is 10.1 Å². The van der Waals surface area contributed by atoms with Gasteiger partial charge in [0.2, 0.25) is 0 Å². The minimum atomic E-state index is -3.81. The highest BCUT2D eigenvalue weighted by atomic mass is 79.9. The standard InChI is InChI=1S/C16H17BrO4S/c1-13-3-9-16(10-4-13)22(18,19)21-15-7-5-14(6-8-15)20-12-2-11-17/h3-10H,2,11-12H2,1H3. The molecule has 0 heterocycles. The Morgan fingerprint density at radius 3 is 2.14 bits per heavy atom. The van der Waals surface area contributed by atoms with Crippen LogP contribution < -0.4 is 8.92 Å². The summed E-state index contributed by atoms with van der Waals surface area (Å²) < 4.78 is 34.9. The van der Waals surface area contributed by atoms with E-state index in [2.05, 4.69) is 15.9 Å². The number of halogens is 1. The van der Waals surface area contributed by atoms with Crippen LogP contribution in [0.5, 0.6) is 11.5 Å². The third kappa shape index (κ3) is 4.74. The second kappa shape index (κ2) is 7.65. The van der Waals surface area contributed by atoms with Crippen LogP contribution in [0.4, 0.5) is 0 Å². The Morgan fingerprint density at radius 2 is 1.55 bits per heavy atom. The highest BCUT2D eigenvalue weighted by Crippen LogP contribution is 2.22. The fourth-order valence-electron chi connectivity index (χ4n) is 1.72. The predicted octanol–water partition coefficient (Wildman–Crippen LogP) is 3.93. The Kier molecular flexibility index (Phi) is 5.85. The van der Waals surface area contributed by atoms with Gasteiger partial charge in [-0.2, -0.15) is 8.42 Å². The van der Waals surface area contributed by atoms with Crippen molar-refractivity contribution >= 4 is 26.0 Å². The van der Waals surface area contributed by atoms with Crippen LogP contribution in [0, 0.1) is 6.92 Å². The van der Waals surface area contributed by atoms with Gasteiger partial charge in [-0.05, 0) is 49.7 Å². The minimum absolute atomic E-state index is 0.135. The van der Waals surface area contributed by atoms with E-state index in [1.807, 2.05) is 6.92 Å². The van der Waals surface area contributed by atoms with Crippen molar-refractivity contribution in [3.8, 4) is 11.5 Å². The number of benzene rings is 2. The third-order valence-corrected chi connectivity index (χ3v) is 4.71. The van der Waals surface area contributed by atoms with Crippen LogP contribution in [-0.2, 0) is 10.1 Å². The Hall–Kier alpha value is -1.53. The Morgan fingerprint density at radius 1 is 0.955 bits per heavy atom. The van der Waals surface area contributed by atoms with Crippen molar-refractivity contribution in [2.24, 2.45) is 0 Å². The first kappa shape index (κ1) is 16.8. The lowest BCUT2D eigenvalue weighted by molar-refractivity contribution is 0.319. The lowest BCUT2D eigenvalue weighted by Crippen LogP contribution is -2.09. The van der Waals surface area contributed by atoms with Gasteiger partial charge in [0, 0.05) is 5.33 Å². The second-order valence-electron chi connectivity index (χ2n) is 4.71. The van der Waals surface area contributed by atoms with Crippen molar-refractivity contribution < 1.29 is 17.3 Å². The number of hydrogen-bond donors (Lipinski definition) is 0. The van der Waals surface area contributed by atoms with E-state index in [4.69, 9.17) is 8.92 Å². The smallest absolute Gasteiger partial charge is 0.339 e. The predicted molar refractivity (Wildman–Crippen MR) is 89.3 cm³/mol. The van der Waals surface area contributed by atoms with E-state index in [1.165, 1.54) is 12.1 Å². The van der Waals surface area contributed by atoms with Crippen molar-refractivity contribution in [1.29, 1.82) is 0 Å². The SMILES string of the molecule is Cc1ccc(S(=O)(=O)Oc2ccc(OCCCBr)cc2)cc1. The van der Waals surface area contributed by atoms with Crippen LogP contribution in [0.3, 0.4) is 0 Å². The van der Waals surface area contributed by atoms with E-state index >= 15 is 0 Å². The molecule has 0 aliphatic heterocycles. The van der Waals surface area contributed by atoms with Crippen LogP contribution in [-0.4, -0.2) is 20.4 Å². The van der Waals surface area contributed by atoms with Crippen molar-refractivity contribution in [2.75, 3.05) is 11.9 Å². The van der Waals surface area contributed by atoms with Gasteiger partial charge in [-0.15, -0.1) is 0 Å². The summed E-state index contributed by atoms with van der Waals surface area (Å²) in [6.45, 7) is 2.50. The fourth-order valence-corrected chi connectivity index (χ4v) is 2.87. The highest BCUT2D eigenvalue weighted by Gasteiger charge is 2.16. The average Bonchev–Trinajstić information content (AvgIpc) is 2.49. The Bertz CT molecular complexity index is 694. The first-order valence-corrected chi connectivity index (χ1v) is 9.34. The monoisotopic (exact) mass is 384 g/mol. The van der Waals surface area contributed by atoms with Crippen molar-refractivity contribution in [2.45, 2.75) is 18.2 Å². The molecule has 0 saturated carbocycles. The zero-order valence-corrected chi connectivity index (χ0v) is 14.6. The van der Waals surface area contributed by atoms with E-state index in [-0.39, 0.29) is 10.6 Å². The molecule has 0 radical (unpaired) electrons. The quantitative estimate of drug-likeness (QED) is 0.412. The van der Waals surface area contributed by atoms with E-state index in [0.29, 0.717) is 12.4 Å². The third-order valence-electron chi connectivity index (χ3n) is 2.89. The molecule has 0 N–H and O–H groups in total. The summed E-state index contributed by atoms with van der Waals surface area (Å²) in [6, 6.07) is 13.1. The molecular weight excluding hydrogens is 368 g/mol. The van der Waals surface area contributed by atoms with Gasteiger partial charge in [0.25, 0.3) is 0 Å². The summed E-state index contributed by atoms with van der Waals surface area (Å²) in [5.41, 5.74) is 0.990. The van der Waals surface area contributed by atoms with Crippen LogP contribution >= 0.6 is 15.9 Å². The maximum Gasteiger partial charge on any atom is 0.339 e. The maximum absolute atomic E-state index is 12.2. The zero-order valence-electron chi connectivity index (χ0n) is 12.2. The molecule has 0 fully saturated rings. The van der Waals surface area contributed by atoms with Gasteiger partial charge in [0.15, 0.2) is 0 Å². The molecule has 2 rings (SSSR count). The molecular formula is C16H17BrO4S. The van der Waals surface area contributed by atoms with Crippen LogP contribution in [0.2, 0.25) is 0 Å². The fraction of sp³-hybridized carbons (Fsp3) is 0.250. The van der Waals surface area contributed by atoms with Crippen molar-refractivity contribution in [1.82, 2.24) is 0 Å². The van der Waals surface area contributed by atoms with Gasteiger partial charge in [0.1, 0.15) is 16.4 Å². The van der Waals surface area contributed by atoms with E-state index in [0.717, 1.165) is 17.3 Å². The summed E-state index contributed by atoms with van der Waals surface area (Å²) in [6.07, 6.45) is 0.903. The van der Waals surface area contributed by atoms with Gasteiger partial charge in [-0.25, -0.2) is 0 Å². The molecule has 0 aliphatic rings. The summed E-state index contributed by atoms with van der Waals surface area (Å²) in [5.74, 6) is 0.939. The first-order valence-electron chi connectivity index (χ1n) is 6.81. The molecule has 0 saturated heterocycles. The topological polar surface area (TPSA) is 52.6 Å². The number of hydrogen-bond acceptors (Lipinski definition) is 4. The van der Waals surface area contributed by atoms with Crippen LogP contribution in [0.15, 0.2) is 53.4 Å². The summed E-state index contributed by atoms with van der Waals surface area (Å²) in [4.78, 5) is 0.135. The molecule has 0 atom stereocenters. The van der Waals surface area contributed by atoms with Gasteiger partial charge in [0.05, 0.1) is 6.61 Å². The second-order valence-corrected chi connectivity index (χ2v) is 7.05. The number of alkyl halides is 1. The molecule has 0 aliphatic carbocycles. The molecule has 0 unspecified atom stereocenters. The molecule has 6 heteroatoms. The van der Waals surface area contributed by atoms with Crippen LogP contribution in [0.1, 0.15) is 12.0 Å². The largest absolute Gasteiger partial charge is 0.494 e. The van der Waals surface area contributed by atoms with E-state index in [9.17, 15) is 8.42 Å². The normalized spacial score (nSPS) is 11.2. The molecule has 2 aromatic carbocycles. The van der Waals surface area contributed by atoms with Gasteiger partial charge < -0.3 is 8.92 Å². The van der Waals surface area contributed by atoms with Gasteiger partial charge in [-0.3, -0.25) is 0 Å². The number of ether oxygens (including phenoxy) is 1. The van der Waals surface area contributed by atoms with Crippen molar-refractivity contribution in [3.05, 3.63) is 54.1 Å². The molecule has 0 amide bonds. The summed E-state index contributed by atoms with van der Waals surface area (Å²) >= 11 is 3.33. The van der Waals surface area contributed by atoms with E-state index < -0.39 is 10.1 Å². The highest BCUT2D eigenvalue weighted by molar-refractivity contribution is 9.09. The summed E-state index contributed by atoms with van der Waals surface area (Å²) in [5, 5.41) is 0.878. The number of aryl methyl sites for hydroxylation is 1. The molecule has 118 valence electrons. The lowest BCUT2D eigenvalue weighted by atomic mass is 10.2. The van der Waals surface area contributed by atoms with E-state index in [1.54, 1.807) is 36.4 Å². The Balaban J connectivity index is 2.05. The first-order chi connectivity index (χ1) is 10.5. The molecule has 2 aromatic rings. The summed E-state index contributed by atoms with van der Waals surface area (Å²) in [7, 11) is -3.81. The zero-order chi connectivity index (χ0) is 16.0. The lowest BCUT2D eigenvalue weighted by Gasteiger charge is -2.09. The Labute approximate surface area is 139 Å². The molecule has 0 bridgehead atoms. The molecule has 0 aromatic heterocycles. The minimum Gasteiger partial charge on any atom is -0.494 e. The molecule has 4 nitrogen and oxygen atoms in total. The van der Waals surface area contributed by atoms with Crippen molar-refractivity contribution in [3.63, 3.8) is 0 Å². The number of rotatable bonds is 7. The van der Waals surface area contributed by atoms with Gasteiger partial charge in [-0.1, -0.05) is 33.6 Å².